The van der Waals surface area contributed by atoms with Crippen molar-refractivity contribution >= 4 is 11.9 Å². The summed E-state index contributed by atoms with van der Waals surface area (Å²) in [5.41, 5.74) is 0.134. The third-order valence-electron chi connectivity index (χ3n) is 3.42. The van der Waals surface area contributed by atoms with E-state index in [0.29, 0.717) is 5.56 Å². The summed E-state index contributed by atoms with van der Waals surface area (Å²) in [5, 5.41) is 11.9. The summed E-state index contributed by atoms with van der Waals surface area (Å²) < 4.78 is 5.18. The van der Waals surface area contributed by atoms with Crippen molar-refractivity contribution in [2.24, 2.45) is 5.41 Å². The Labute approximate surface area is 110 Å². The highest BCUT2D eigenvalue weighted by atomic mass is 16.5. The number of ether oxygens (including phenoxy) is 1. The van der Waals surface area contributed by atoms with Gasteiger partial charge in [-0.1, -0.05) is 0 Å². The number of carboxylic acid groups (broad SMARTS) is 1. The molecule has 2 unspecified atom stereocenters. The average molecular weight is 264 g/mol. The fourth-order valence-corrected chi connectivity index (χ4v) is 1.93. The van der Waals surface area contributed by atoms with Gasteiger partial charge in [0.05, 0.1) is 24.8 Å². The van der Waals surface area contributed by atoms with Crippen LogP contribution in [-0.2, 0) is 9.53 Å². The zero-order chi connectivity index (χ0) is 14.0. The van der Waals surface area contributed by atoms with E-state index in [9.17, 15) is 14.7 Å². The molecular formula is C13H16N2O4. The van der Waals surface area contributed by atoms with Gasteiger partial charge in [-0.25, -0.2) is 0 Å². The Morgan fingerprint density at radius 2 is 2.26 bits per heavy atom. The Morgan fingerprint density at radius 1 is 1.53 bits per heavy atom. The Bertz CT molecular complexity index is 500. The van der Waals surface area contributed by atoms with Gasteiger partial charge in [-0.3, -0.25) is 14.6 Å². The van der Waals surface area contributed by atoms with Gasteiger partial charge in [-0.15, -0.1) is 0 Å². The molecule has 1 amide bonds. The number of aliphatic carboxylic acids is 1. The van der Waals surface area contributed by atoms with Crippen molar-refractivity contribution in [1.82, 2.24) is 10.3 Å². The molecule has 2 heterocycles. The number of hydrogen-bond donors (Lipinski definition) is 2. The molecule has 19 heavy (non-hydrogen) atoms. The second kappa shape index (κ2) is 4.97. The Balaban J connectivity index is 2.10. The van der Waals surface area contributed by atoms with Crippen LogP contribution in [0.4, 0.5) is 0 Å². The Kier molecular flexibility index (Phi) is 3.53. The summed E-state index contributed by atoms with van der Waals surface area (Å²) in [7, 11) is 0. The Hall–Kier alpha value is -1.95. The minimum atomic E-state index is -1.09. The lowest BCUT2D eigenvalue weighted by atomic mass is 9.85. The summed E-state index contributed by atoms with van der Waals surface area (Å²) in [6.07, 6.45) is 1.47. The lowest BCUT2D eigenvalue weighted by molar-refractivity contribution is -0.148. The minimum Gasteiger partial charge on any atom is -0.481 e. The quantitative estimate of drug-likeness (QED) is 0.835. The molecule has 6 nitrogen and oxygen atoms in total. The van der Waals surface area contributed by atoms with E-state index in [4.69, 9.17) is 4.74 Å². The standard InChI is InChI=1S/C13H16N2O4/c1-8-3-4-9(5-14-8)11(16)15-10-6-19-7-13(10,2)12(17)18/h3-5,10H,6-7H2,1-2H3,(H,15,16)(H,17,18). The van der Waals surface area contributed by atoms with Crippen molar-refractivity contribution in [2.75, 3.05) is 13.2 Å². The molecule has 1 saturated heterocycles. The van der Waals surface area contributed by atoms with Gasteiger partial charge in [-0.2, -0.15) is 0 Å². The molecule has 1 aliphatic rings. The van der Waals surface area contributed by atoms with Crippen molar-refractivity contribution in [3.05, 3.63) is 29.6 Å². The predicted molar refractivity (Wildman–Crippen MR) is 66.8 cm³/mol. The summed E-state index contributed by atoms with van der Waals surface area (Å²) in [5.74, 6) is -1.31. The number of carbonyl (C=O) groups is 2. The molecule has 0 aliphatic carbocycles. The zero-order valence-corrected chi connectivity index (χ0v) is 10.8. The summed E-state index contributed by atoms with van der Waals surface area (Å²) >= 11 is 0. The third-order valence-corrected chi connectivity index (χ3v) is 3.42. The van der Waals surface area contributed by atoms with E-state index in [0.717, 1.165) is 5.69 Å². The monoisotopic (exact) mass is 264 g/mol. The number of aryl methyl sites for hydroxylation is 1. The van der Waals surface area contributed by atoms with Crippen molar-refractivity contribution < 1.29 is 19.4 Å². The molecule has 0 aromatic carbocycles. The first-order chi connectivity index (χ1) is 8.93. The van der Waals surface area contributed by atoms with Crippen molar-refractivity contribution in [1.29, 1.82) is 0 Å². The number of nitrogens with one attached hydrogen (secondary N) is 1. The second-order valence-electron chi connectivity index (χ2n) is 4.95. The molecule has 1 aliphatic heterocycles. The van der Waals surface area contributed by atoms with Crippen LogP contribution in [0.1, 0.15) is 23.0 Å². The van der Waals surface area contributed by atoms with Gasteiger partial charge in [-0.05, 0) is 26.0 Å². The summed E-state index contributed by atoms with van der Waals surface area (Å²) in [6.45, 7) is 3.70. The maximum absolute atomic E-state index is 12.0. The van der Waals surface area contributed by atoms with Gasteiger partial charge in [0.15, 0.2) is 0 Å². The first kappa shape index (κ1) is 13.5. The number of aromatic nitrogens is 1. The smallest absolute Gasteiger partial charge is 0.313 e. The maximum atomic E-state index is 12.0. The SMILES string of the molecule is Cc1ccc(C(=O)NC2COCC2(C)C(=O)O)cn1. The fraction of sp³-hybridized carbons (Fsp3) is 0.462. The molecule has 2 N–H and O–H groups in total. The lowest BCUT2D eigenvalue weighted by Gasteiger charge is -2.25. The number of rotatable bonds is 3. The van der Waals surface area contributed by atoms with Gasteiger partial charge in [0, 0.05) is 11.9 Å². The highest BCUT2D eigenvalue weighted by Gasteiger charge is 2.47. The van der Waals surface area contributed by atoms with E-state index >= 15 is 0 Å². The van der Waals surface area contributed by atoms with Crippen LogP contribution in [-0.4, -0.2) is 41.2 Å². The first-order valence-electron chi connectivity index (χ1n) is 5.98. The van der Waals surface area contributed by atoms with Gasteiger partial charge in [0.1, 0.15) is 5.41 Å². The van der Waals surface area contributed by atoms with Crippen molar-refractivity contribution in [3.63, 3.8) is 0 Å². The molecule has 0 radical (unpaired) electrons. The van der Waals surface area contributed by atoms with Gasteiger partial charge in [0.25, 0.3) is 5.91 Å². The van der Waals surface area contributed by atoms with Crippen LogP contribution < -0.4 is 5.32 Å². The molecule has 102 valence electrons. The minimum absolute atomic E-state index is 0.0967. The molecule has 1 aromatic heterocycles. The van der Waals surface area contributed by atoms with Crippen LogP contribution in [0.3, 0.4) is 0 Å². The van der Waals surface area contributed by atoms with Crippen LogP contribution in [0.25, 0.3) is 0 Å². The van der Waals surface area contributed by atoms with E-state index < -0.39 is 17.4 Å². The molecule has 2 rings (SSSR count). The molecule has 1 fully saturated rings. The van der Waals surface area contributed by atoms with E-state index in [-0.39, 0.29) is 19.1 Å². The van der Waals surface area contributed by atoms with E-state index in [1.54, 1.807) is 19.1 Å². The third kappa shape index (κ3) is 2.58. The number of carboxylic acids is 1. The summed E-state index contributed by atoms with van der Waals surface area (Å²) in [6, 6.07) is 2.85. The predicted octanol–water partition coefficient (Wildman–Crippen LogP) is 0.610. The van der Waals surface area contributed by atoms with Crippen LogP contribution >= 0.6 is 0 Å². The van der Waals surface area contributed by atoms with E-state index in [1.807, 2.05) is 6.92 Å². The normalized spacial score (nSPS) is 26.1. The lowest BCUT2D eigenvalue weighted by Crippen LogP contribution is -2.49. The molecule has 0 saturated carbocycles. The van der Waals surface area contributed by atoms with Gasteiger partial charge in [0.2, 0.25) is 0 Å². The number of amides is 1. The maximum Gasteiger partial charge on any atom is 0.313 e. The molecule has 0 bridgehead atoms. The van der Waals surface area contributed by atoms with Crippen LogP contribution in [0.2, 0.25) is 0 Å². The fourth-order valence-electron chi connectivity index (χ4n) is 1.93. The van der Waals surface area contributed by atoms with Crippen molar-refractivity contribution in [3.8, 4) is 0 Å². The first-order valence-corrected chi connectivity index (χ1v) is 5.98. The van der Waals surface area contributed by atoms with Gasteiger partial charge >= 0.3 is 5.97 Å². The van der Waals surface area contributed by atoms with Gasteiger partial charge < -0.3 is 15.2 Å². The van der Waals surface area contributed by atoms with Crippen molar-refractivity contribution in [2.45, 2.75) is 19.9 Å². The van der Waals surface area contributed by atoms with Crippen LogP contribution in [0.5, 0.6) is 0 Å². The zero-order valence-electron chi connectivity index (χ0n) is 10.8. The molecule has 6 heteroatoms. The number of carbonyl (C=O) groups excluding carboxylic acids is 1. The second-order valence-corrected chi connectivity index (χ2v) is 4.95. The highest BCUT2D eigenvalue weighted by Crippen LogP contribution is 2.28. The molecule has 2 atom stereocenters. The molecule has 0 spiro atoms. The number of nitrogens with zero attached hydrogens (tertiary/aromatic N) is 1. The highest BCUT2D eigenvalue weighted by molar-refractivity contribution is 5.94. The number of pyridine rings is 1. The van der Waals surface area contributed by atoms with E-state index in [2.05, 4.69) is 10.3 Å². The van der Waals surface area contributed by atoms with E-state index in [1.165, 1.54) is 6.20 Å². The van der Waals surface area contributed by atoms with Crippen LogP contribution in [0, 0.1) is 12.3 Å². The Morgan fingerprint density at radius 3 is 2.84 bits per heavy atom. The summed E-state index contributed by atoms with van der Waals surface area (Å²) in [4.78, 5) is 27.3. The topological polar surface area (TPSA) is 88.5 Å². The number of hydrogen-bond acceptors (Lipinski definition) is 4. The van der Waals surface area contributed by atoms with Crippen LogP contribution in [0.15, 0.2) is 18.3 Å². The average Bonchev–Trinajstić information content (AvgIpc) is 2.73. The molecule has 1 aromatic rings. The molecular weight excluding hydrogens is 248 g/mol. The largest absolute Gasteiger partial charge is 0.481 e.